The van der Waals surface area contributed by atoms with E-state index in [1.165, 1.54) is 0 Å². The molecule has 3 aromatic rings. The maximum absolute atomic E-state index is 5.32. The summed E-state index contributed by atoms with van der Waals surface area (Å²) in [4.78, 5) is 8.74. The molecule has 0 N–H and O–H groups in total. The molecule has 0 atom stereocenters. The molecule has 1 aromatic carbocycles. The van der Waals surface area contributed by atoms with Gasteiger partial charge in [-0.05, 0) is 48.2 Å². The summed E-state index contributed by atoms with van der Waals surface area (Å²) < 4.78 is 10.6. The largest absolute Gasteiger partial charge is 0.496 e. The second-order valence-electron chi connectivity index (χ2n) is 4.53. The highest BCUT2D eigenvalue weighted by Gasteiger charge is 2.03. The average molecular weight is 290 g/mol. The van der Waals surface area contributed by atoms with E-state index in [2.05, 4.69) is 21.8 Å². The summed E-state index contributed by atoms with van der Waals surface area (Å²) in [5, 5.41) is 0.964. The number of aromatic nitrogens is 2. The van der Waals surface area contributed by atoms with E-state index in [9.17, 15) is 0 Å². The summed E-state index contributed by atoms with van der Waals surface area (Å²) in [5.41, 5.74) is 2.12. The van der Waals surface area contributed by atoms with Crippen molar-refractivity contribution in [3.63, 3.8) is 0 Å². The van der Waals surface area contributed by atoms with Gasteiger partial charge in [0.2, 0.25) is 0 Å². The van der Waals surface area contributed by atoms with Crippen molar-refractivity contribution in [2.45, 2.75) is 0 Å². The summed E-state index contributed by atoms with van der Waals surface area (Å²) in [7, 11) is 3.25. The van der Waals surface area contributed by atoms with Crippen molar-refractivity contribution < 1.29 is 9.47 Å². The van der Waals surface area contributed by atoms with E-state index in [1.807, 2.05) is 42.5 Å². The SMILES string of the molecule is COc1cccnc1C#Cc1ccc2c(OC)cccc2n1. The Kier molecular flexibility index (Phi) is 3.88. The predicted octanol–water partition coefficient (Wildman–Crippen LogP) is 3.05. The molecule has 4 nitrogen and oxygen atoms in total. The Hall–Kier alpha value is -3.06. The van der Waals surface area contributed by atoms with Crippen molar-refractivity contribution in [1.29, 1.82) is 0 Å². The lowest BCUT2D eigenvalue weighted by Gasteiger charge is -2.04. The van der Waals surface area contributed by atoms with Gasteiger partial charge in [0, 0.05) is 11.6 Å². The van der Waals surface area contributed by atoms with Crippen molar-refractivity contribution in [2.75, 3.05) is 14.2 Å². The summed E-state index contributed by atoms with van der Waals surface area (Å²) in [6, 6.07) is 13.2. The highest BCUT2D eigenvalue weighted by atomic mass is 16.5. The summed E-state index contributed by atoms with van der Waals surface area (Å²) >= 11 is 0. The van der Waals surface area contributed by atoms with Crippen LogP contribution in [0.1, 0.15) is 11.4 Å². The Labute approximate surface area is 128 Å². The Morgan fingerprint density at radius 3 is 2.50 bits per heavy atom. The molecule has 4 heteroatoms. The van der Waals surface area contributed by atoms with E-state index < -0.39 is 0 Å². The van der Waals surface area contributed by atoms with Gasteiger partial charge >= 0.3 is 0 Å². The lowest BCUT2D eigenvalue weighted by atomic mass is 10.2. The lowest BCUT2D eigenvalue weighted by molar-refractivity contribution is 0.411. The third-order valence-electron chi connectivity index (χ3n) is 3.21. The van der Waals surface area contributed by atoms with E-state index in [1.54, 1.807) is 20.4 Å². The number of hydrogen-bond donors (Lipinski definition) is 0. The second-order valence-corrected chi connectivity index (χ2v) is 4.53. The van der Waals surface area contributed by atoms with Crippen molar-refractivity contribution in [1.82, 2.24) is 9.97 Å². The van der Waals surface area contributed by atoms with Crippen LogP contribution in [0.25, 0.3) is 10.9 Å². The lowest BCUT2D eigenvalue weighted by Crippen LogP contribution is -1.91. The Bertz CT molecular complexity index is 879. The van der Waals surface area contributed by atoms with E-state index in [-0.39, 0.29) is 0 Å². The fourth-order valence-electron chi connectivity index (χ4n) is 2.15. The van der Waals surface area contributed by atoms with E-state index in [0.29, 0.717) is 17.1 Å². The minimum Gasteiger partial charge on any atom is -0.496 e. The number of benzene rings is 1. The van der Waals surface area contributed by atoms with Crippen LogP contribution >= 0.6 is 0 Å². The molecular weight excluding hydrogens is 276 g/mol. The Morgan fingerprint density at radius 2 is 1.68 bits per heavy atom. The molecule has 22 heavy (non-hydrogen) atoms. The third-order valence-corrected chi connectivity index (χ3v) is 3.21. The van der Waals surface area contributed by atoms with Gasteiger partial charge in [-0.3, -0.25) is 0 Å². The molecule has 0 spiro atoms. The topological polar surface area (TPSA) is 44.2 Å². The van der Waals surface area contributed by atoms with Crippen LogP contribution in [0.2, 0.25) is 0 Å². The van der Waals surface area contributed by atoms with Gasteiger partial charge in [0.1, 0.15) is 11.4 Å². The smallest absolute Gasteiger partial charge is 0.155 e. The zero-order valence-electron chi connectivity index (χ0n) is 12.3. The molecule has 0 aliphatic heterocycles. The van der Waals surface area contributed by atoms with Crippen molar-refractivity contribution >= 4 is 10.9 Å². The normalized spacial score (nSPS) is 9.91. The predicted molar refractivity (Wildman–Crippen MR) is 85.1 cm³/mol. The zero-order chi connectivity index (χ0) is 15.4. The van der Waals surface area contributed by atoms with Gasteiger partial charge in [-0.25, -0.2) is 9.97 Å². The first-order chi connectivity index (χ1) is 10.8. The van der Waals surface area contributed by atoms with E-state index in [0.717, 1.165) is 16.7 Å². The number of fused-ring (bicyclic) bond motifs is 1. The zero-order valence-corrected chi connectivity index (χ0v) is 12.3. The van der Waals surface area contributed by atoms with Gasteiger partial charge in [-0.15, -0.1) is 0 Å². The number of nitrogens with zero attached hydrogens (tertiary/aromatic N) is 2. The van der Waals surface area contributed by atoms with Gasteiger partial charge in [-0.2, -0.15) is 0 Å². The van der Waals surface area contributed by atoms with Crippen molar-refractivity contribution in [3.05, 3.63) is 60.0 Å². The van der Waals surface area contributed by atoms with Crippen LogP contribution < -0.4 is 9.47 Å². The van der Waals surface area contributed by atoms with Gasteiger partial charge in [-0.1, -0.05) is 6.07 Å². The first-order valence-corrected chi connectivity index (χ1v) is 6.76. The maximum atomic E-state index is 5.32. The fraction of sp³-hybridized carbons (Fsp3) is 0.111. The van der Waals surface area contributed by atoms with Crippen LogP contribution in [-0.2, 0) is 0 Å². The molecule has 3 rings (SSSR count). The van der Waals surface area contributed by atoms with Crippen LogP contribution in [0.15, 0.2) is 48.7 Å². The monoisotopic (exact) mass is 290 g/mol. The Morgan fingerprint density at radius 1 is 0.864 bits per heavy atom. The molecule has 0 unspecified atom stereocenters. The molecule has 2 aromatic heterocycles. The Balaban J connectivity index is 2.00. The van der Waals surface area contributed by atoms with Crippen LogP contribution in [0, 0.1) is 11.8 Å². The fourth-order valence-corrected chi connectivity index (χ4v) is 2.15. The van der Waals surface area contributed by atoms with E-state index >= 15 is 0 Å². The van der Waals surface area contributed by atoms with Crippen LogP contribution in [-0.4, -0.2) is 24.2 Å². The molecule has 0 bridgehead atoms. The van der Waals surface area contributed by atoms with Gasteiger partial charge < -0.3 is 9.47 Å². The van der Waals surface area contributed by atoms with Gasteiger partial charge in [0.25, 0.3) is 0 Å². The van der Waals surface area contributed by atoms with Crippen molar-refractivity contribution in [2.24, 2.45) is 0 Å². The van der Waals surface area contributed by atoms with Gasteiger partial charge in [0.15, 0.2) is 11.4 Å². The van der Waals surface area contributed by atoms with Crippen LogP contribution in [0.5, 0.6) is 11.5 Å². The average Bonchev–Trinajstić information content (AvgIpc) is 2.59. The highest BCUT2D eigenvalue weighted by Crippen LogP contribution is 2.23. The number of methoxy groups -OCH3 is 2. The standard InChI is InChI=1S/C18H14N2O2/c1-21-17-6-3-5-15-14(17)10-8-13(20-15)9-11-16-18(22-2)7-4-12-19-16/h3-8,10,12H,1-2H3. The molecule has 0 saturated carbocycles. The molecular formula is C18H14N2O2. The minimum atomic E-state index is 0.595. The molecule has 0 aliphatic carbocycles. The van der Waals surface area contributed by atoms with Crippen molar-refractivity contribution in [3.8, 4) is 23.3 Å². The summed E-state index contributed by atoms with van der Waals surface area (Å²) in [5.74, 6) is 7.47. The molecule has 0 radical (unpaired) electrons. The van der Waals surface area contributed by atoms with E-state index in [4.69, 9.17) is 9.47 Å². The number of rotatable bonds is 2. The second kappa shape index (κ2) is 6.15. The molecule has 108 valence electrons. The van der Waals surface area contributed by atoms with Crippen LogP contribution in [0.3, 0.4) is 0 Å². The summed E-state index contributed by atoms with van der Waals surface area (Å²) in [6.45, 7) is 0. The quantitative estimate of drug-likeness (QED) is 0.680. The summed E-state index contributed by atoms with van der Waals surface area (Å²) in [6.07, 6.45) is 1.69. The van der Waals surface area contributed by atoms with Gasteiger partial charge in [0.05, 0.1) is 19.7 Å². The molecule has 2 heterocycles. The first kappa shape index (κ1) is 13.9. The number of pyridine rings is 2. The highest BCUT2D eigenvalue weighted by molar-refractivity contribution is 5.85. The number of hydrogen-bond acceptors (Lipinski definition) is 4. The molecule has 0 aliphatic rings. The van der Waals surface area contributed by atoms with Crippen LogP contribution in [0.4, 0.5) is 0 Å². The molecule has 0 saturated heterocycles. The first-order valence-electron chi connectivity index (χ1n) is 6.76. The maximum Gasteiger partial charge on any atom is 0.155 e. The third kappa shape index (κ3) is 2.70. The molecule has 0 amide bonds. The number of ether oxygens (including phenoxy) is 2. The molecule has 0 fully saturated rings. The minimum absolute atomic E-state index is 0.595.